The van der Waals surface area contributed by atoms with E-state index >= 15 is 0 Å². The number of carbonyl (C=O) groups excluding carboxylic acids is 1. The van der Waals surface area contributed by atoms with Crippen molar-refractivity contribution in [2.75, 3.05) is 6.61 Å². The second kappa shape index (κ2) is 6.02. The molecule has 0 amide bonds. The van der Waals surface area contributed by atoms with Gasteiger partial charge < -0.3 is 4.74 Å². The van der Waals surface area contributed by atoms with Crippen LogP contribution in [0.15, 0.2) is 27.4 Å². The molecule has 0 radical (unpaired) electrons. The molecule has 0 aromatic carbocycles. The van der Waals surface area contributed by atoms with Crippen molar-refractivity contribution in [3.8, 4) is 0 Å². The third-order valence-electron chi connectivity index (χ3n) is 1.54. The molecular weight excluding hydrogens is 326 g/mol. The number of hydrogen-bond acceptors (Lipinski definition) is 3. The van der Waals surface area contributed by atoms with Crippen molar-refractivity contribution >= 4 is 43.9 Å². The molecular formula is C10H9Br2NO2. The molecule has 0 aliphatic rings. The normalized spacial score (nSPS) is 11.3. The molecule has 15 heavy (non-hydrogen) atoms. The van der Waals surface area contributed by atoms with Crippen LogP contribution in [0.1, 0.15) is 12.5 Å². The molecule has 1 rings (SSSR count). The smallest absolute Gasteiger partial charge is 0.345 e. The topological polar surface area (TPSA) is 39.2 Å². The van der Waals surface area contributed by atoms with Crippen LogP contribution in [0, 0.1) is 0 Å². The van der Waals surface area contributed by atoms with Gasteiger partial charge in [0.15, 0.2) is 0 Å². The summed E-state index contributed by atoms with van der Waals surface area (Å²) < 4.78 is 5.89. The van der Waals surface area contributed by atoms with Crippen LogP contribution in [0.2, 0.25) is 0 Å². The summed E-state index contributed by atoms with van der Waals surface area (Å²) in [5, 5.41) is 0. The summed E-state index contributed by atoms with van der Waals surface area (Å²) in [5.74, 6) is -0.381. The molecule has 0 saturated heterocycles. The van der Waals surface area contributed by atoms with Gasteiger partial charge >= 0.3 is 5.97 Å². The maximum atomic E-state index is 11.3. The van der Waals surface area contributed by atoms with Gasteiger partial charge in [0.25, 0.3) is 0 Å². The maximum Gasteiger partial charge on any atom is 0.345 e. The predicted octanol–water partition coefficient (Wildman–Crippen LogP) is 3.14. The summed E-state index contributed by atoms with van der Waals surface area (Å²) in [5.41, 5.74) is 0.817. The number of pyridine rings is 1. The molecule has 0 bridgehead atoms. The molecule has 5 heteroatoms. The fraction of sp³-hybridized carbons (Fsp3) is 0.200. The number of halogens is 2. The Labute approximate surface area is 105 Å². The van der Waals surface area contributed by atoms with Crippen molar-refractivity contribution in [1.82, 2.24) is 4.98 Å². The average molecular weight is 335 g/mol. The lowest BCUT2D eigenvalue weighted by atomic mass is 10.2. The minimum atomic E-state index is -0.381. The first-order valence-corrected chi connectivity index (χ1v) is 5.88. The highest BCUT2D eigenvalue weighted by molar-refractivity contribution is 9.12. The zero-order chi connectivity index (χ0) is 11.3. The molecule has 0 N–H and O–H groups in total. The van der Waals surface area contributed by atoms with E-state index in [0.29, 0.717) is 15.7 Å². The quantitative estimate of drug-likeness (QED) is 0.484. The van der Waals surface area contributed by atoms with E-state index in [4.69, 9.17) is 4.74 Å². The van der Waals surface area contributed by atoms with Crippen molar-refractivity contribution < 1.29 is 9.53 Å². The molecule has 0 aliphatic carbocycles. The van der Waals surface area contributed by atoms with Crippen LogP contribution in [0.5, 0.6) is 0 Å². The summed E-state index contributed by atoms with van der Waals surface area (Å²) in [4.78, 5) is 15.3. The summed E-state index contributed by atoms with van der Waals surface area (Å²) in [6.45, 7) is 2.12. The van der Waals surface area contributed by atoms with E-state index in [1.165, 1.54) is 0 Å². The molecule has 3 nitrogen and oxygen atoms in total. The highest BCUT2D eigenvalue weighted by Gasteiger charge is 2.07. The minimum absolute atomic E-state index is 0.357. The number of aromatic nitrogens is 1. The molecule has 0 spiro atoms. The van der Waals surface area contributed by atoms with Crippen molar-refractivity contribution in [2.45, 2.75) is 6.92 Å². The second-order valence-corrected chi connectivity index (χ2v) is 4.20. The van der Waals surface area contributed by atoms with Crippen LogP contribution in [0.3, 0.4) is 0 Å². The first-order chi connectivity index (χ1) is 7.15. The Balaban J connectivity index is 2.88. The molecule has 1 aromatic rings. The zero-order valence-electron chi connectivity index (χ0n) is 8.04. The van der Waals surface area contributed by atoms with Gasteiger partial charge in [-0.15, -0.1) is 0 Å². The Bertz CT molecular complexity index is 391. The molecule has 0 aliphatic heterocycles. The van der Waals surface area contributed by atoms with Gasteiger partial charge in [0.1, 0.15) is 9.09 Å². The largest absolute Gasteiger partial charge is 0.462 e. The third kappa shape index (κ3) is 3.76. The van der Waals surface area contributed by atoms with E-state index in [9.17, 15) is 4.79 Å². The Morgan fingerprint density at radius 2 is 2.40 bits per heavy atom. The van der Waals surface area contributed by atoms with Crippen LogP contribution >= 0.6 is 31.9 Å². The summed E-state index contributed by atoms with van der Waals surface area (Å²) in [7, 11) is 0. The van der Waals surface area contributed by atoms with Crippen molar-refractivity contribution in [3.05, 3.63) is 33.0 Å². The first-order valence-electron chi connectivity index (χ1n) is 4.30. The number of rotatable bonds is 3. The van der Waals surface area contributed by atoms with Crippen LogP contribution < -0.4 is 0 Å². The van der Waals surface area contributed by atoms with Gasteiger partial charge in [-0.05, 0) is 50.9 Å². The lowest BCUT2D eigenvalue weighted by Crippen LogP contribution is -2.03. The fourth-order valence-electron chi connectivity index (χ4n) is 0.902. The van der Waals surface area contributed by atoms with E-state index in [2.05, 4.69) is 36.8 Å². The number of hydrogen-bond donors (Lipinski definition) is 0. The number of carbonyl (C=O) groups is 1. The molecule has 0 fully saturated rings. The Kier molecular flexibility index (Phi) is 4.98. The predicted molar refractivity (Wildman–Crippen MR) is 65.5 cm³/mol. The minimum Gasteiger partial charge on any atom is -0.462 e. The van der Waals surface area contributed by atoms with Crippen molar-refractivity contribution in [3.63, 3.8) is 0 Å². The molecule has 80 valence electrons. The number of nitrogens with zero attached hydrogens (tertiary/aromatic N) is 1. The highest BCUT2D eigenvalue weighted by atomic mass is 79.9. The van der Waals surface area contributed by atoms with Gasteiger partial charge in [0.05, 0.1) is 6.61 Å². The van der Waals surface area contributed by atoms with E-state index in [1.54, 1.807) is 25.3 Å². The van der Waals surface area contributed by atoms with Crippen LogP contribution in [0.25, 0.3) is 6.08 Å². The van der Waals surface area contributed by atoms with Crippen molar-refractivity contribution in [1.29, 1.82) is 0 Å². The summed E-state index contributed by atoms with van der Waals surface area (Å²) in [6, 6.07) is 3.64. The van der Waals surface area contributed by atoms with Gasteiger partial charge in [-0.1, -0.05) is 6.07 Å². The third-order valence-corrected chi connectivity index (χ3v) is 2.76. The maximum absolute atomic E-state index is 11.3. The highest BCUT2D eigenvalue weighted by Crippen LogP contribution is 2.19. The summed E-state index contributed by atoms with van der Waals surface area (Å²) >= 11 is 6.44. The van der Waals surface area contributed by atoms with Gasteiger partial charge in [-0.2, -0.15) is 0 Å². The summed E-state index contributed by atoms with van der Waals surface area (Å²) in [6.07, 6.45) is 3.33. The SMILES string of the molecule is CCOC(=O)/C(Br)=C/c1cccnc1Br. The average Bonchev–Trinajstić information content (AvgIpc) is 2.21. The van der Waals surface area contributed by atoms with Crippen LogP contribution in [-0.2, 0) is 9.53 Å². The van der Waals surface area contributed by atoms with Gasteiger partial charge in [-0.3, -0.25) is 0 Å². The second-order valence-electron chi connectivity index (χ2n) is 2.60. The lowest BCUT2D eigenvalue weighted by Gasteiger charge is -2.01. The van der Waals surface area contributed by atoms with E-state index in [-0.39, 0.29) is 5.97 Å². The van der Waals surface area contributed by atoms with Gasteiger partial charge in [-0.25, -0.2) is 9.78 Å². The number of ether oxygens (including phenoxy) is 1. The zero-order valence-corrected chi connectivity index (χ0v) is 11.2. The van der Waals surface area contributed by atoms with E-state index in [0.717, 1.165) is 5.56 Å². The Hall–Kier alpha value is -0.680. The lowest BCUT2D eigenvalue weighted by molar-refractivity contribution is -0.137. The fourth-order valence-corrected chi connectivity index (χ4v) is 1.63. The molecule has 0 saturated carbocycles. The van der Waals surface area contributed by atoms with E-state index < -0.39 is 0 Å². The molecule has 0 atom stereocenters. The van der Waals surface area contributed by atoms with Crippen molar-refractivity contribution in [2.24, 2.45) is 0 Å². The monoisotopic (exact) mass is 333 g/mol. The molecule has 1 heterocycles. The van der Waals surface area contributed by atoms with E-state index in [1.807, 2.05) is 6.07 Å². The Morgan fingerprint density at radius 3 is 3.00 bits per heavy atom. The van der Waals surface area contributed by atoms with Crippen LogP contribution in [0.4, 0.5) is 0 Å². The molecule has 1 aromatic heterocycles. The van der Waals surface area contributed by atoms with Crippen LogP contribution in [-0.4, -0.2) is 17.6 Å². The van der Waals surface area contributed by atoms with Gasteiger partial charge in [0, 0.05) is 11.8 Å². The first kappa shape index (κ1) is 12.4. The van der Waals surface area contributed by atoms with Gasteiger partial charge in [0.2, 0.25) is 0 Å². The molecule has 0 unspecified atom stereocenters. The number of esters is 1. The Morgan fingerprint density at radius 1 is 1.67 bits per heavy atom. The standard InChI is InChI=1S/C10H9Br2NO2/c1-2-15-10(14)8(11)6-7-4-3-5-13-9(7)12/h3-6H,2H2,1H3/b8-6-.